The predicted octanol–water partition coefficient (Wildman–Crippen LogP) is 9.27. The van der Waals surface area contributed by atoms with E-state index in [1.54, 1.807) is 48.5 Å². The summed E-state index contributed by atoms with van der Waals surface area (Å²) < 4.78 is 93.0. The van der Waals surface area contributed by atoms with E-state index in [0.29, 0.717) is 53.9 Å². The quantitative estimate of drug-likeness (QED) is 0.155. The first-order valence-corrected chi connectivity index (χ1v) is 13.9. The Morgan fingerprint density at radius 1 is 0.571 bits per heavy atom. The summed E-state index contributed by atoms with van der Waals surface area (Å²) in [5.41, 5.74) is 3.28. The van der Waals surface area contributed by atoms with E-state index in [0.717, 1.165) is 23.5 Å². The second-order valence-corrected chi connectivity index (χ2v) is 11.6. The molecule has 0 saturated carbocycles. The first kappa shape index (κ1) is 26.5. The van der Waals surface area contributed by atoms with E-state index in [1.807, 2.05) is 36.2 Å². The van der Waals surface area contributed by atoms with Crippen molar-refractivity contribution in [1.29, 1.82) is 0 Å². The highest BCUT2D eigenvalue weighted by Gasteiger charge is 2.35. The highest BCUT2D eigenvalue weighted by Crippen LogP contribution is 2.46. The van der Waals surface area contributed by atoms with Gasteiger partial charge in [-0.3, -0.25) is 0 Å². The average Bonchev–Trinajstić information content (AvgIpc) is 3.59. The monoisotopic (exact) mass is 595 g/mol. The molecule has 6 aromatic rings. The third kappa shape index (κ3) is 4.31. The highest BCUT2D eigenvalue weighted by molar-refractivity contribution is 7.92. The first-order valence-electron chi connectivity index (χ1n) is 12.7. The van der Waals surface area contributed by atoms with Gasteiger partial charge in [0, 0.05) is 52.2 Å². The van der Waals surface area contributed by atoms with Crippen molar-refractivity contribution in [2.24, 2.45) is 0 Å². The van der Waals surface area contributed by atoms with E-state index >= 15 is 0 Å². The van der Waals surface area contributed by atoms with Gasteiger partial charge in [-0.2, -0.15) is 26.3 Å². The fourth-order valence-corrected chi connectivity index (χ4v) is 6.91. The number of benzene rings is 4. The molecule has 4 nitrogen and oxygen atoms in total. The maximum Gasteiger partial charge on any atom is 0.431 e. The number of halogens is 6. The van der Waals surface area contributed by atoms with Crippen LogP contribution in [0.5, 0.6) is 0 Å². The molecule has 0 saturated heterocycles. The second-order valence-electron chi connectivity index (χ2n) is 10.2. The number of anilines is 2. The number of nitrogens with one attached hydrogen (secondary N) is 2. The largest absolute Gasteiger partial charge is 0.606 e. The number of alkyl halides is 6. The molecule has 0 radical (unpaired) electrons. The Morgan fingerprint density at radius 3 is 1.36 bits per heavy atom. The van der Waals surface area contributed by atoms with Gasteiger partial charge in [0.15, 0.2) is 9.79 Å². The van der Waals surface area contributed by atoms with Crippen LogP contribution in [0.4, 0.5) is 37.7 Å². The maximum absolute atomic E-state index is 13.9. The van der Waals surface area contributed by atoms with Gasteiger partial charge in [0.2, 0.25) is 0 Å². The molecule has 212 valence electrons. The van der Waals surface area contributed by atoms with Crippen LogP contribution in [0.3, 0.4) is 0 Å². The summed E-state index contributed by atoms with van der Waals surface area (Å²) in [6.07, 6.45) is -8.98. The maximum atomic E-state index is 13.9. The lowest BCUT2D eigenvalue weighted by Gasteiger charge is -2.30. The fraction of sp³-hybridized carbons (Fsp3) is 0.0968. The number of hydrogen-bond acceptors (Lipinski definition) is 2. The zero-order chi connectivity index (χ0) is 29.6. The minimum absolute atomic E-state index is 0.362. The molecule has 7 rings (SSSR count). The lowest BCUT2D eigenvalue weighted by atomic mass is 10.0. The van der Waals surface area contributed by atoms with Crippen LogP contribution in [0.25, 0.3) is 44.1 Å². The van der Waals surface area contributed by atoms with E-state index in [4.69, 9.17) is 0 Å². The molecule has 2 aromatic heterocycles. The molecule has 0 fully saturated rings. The van der Waals surface area contributed by atoms with Crippen LogP contribution in [0.1, 0.15) is 11.4 Å². The molecule has 0 aliphatic carbocycles. The molecule has 0 bridgehead atoms. The zero-order valence-electron chi connectivity index (χ0n) is 21.6. The van der Waals surface area contributed by atoms with Gasteiger partial charge in [-0.05, 0) is 70.8 Å². The molecule has 11 heteroatoms. The molecule has 0 spiro atoms. The Morgan fingerprint density at radius 2 is 0.952 bits per heavy atom. The van der Waals surface area contributed by atoms with Crippen LogP contribution < -0.4 is 4.90 Å². The molecule has 4 aromatic carbocycles. The smallest absolute Gasteiger partial charge is 0.431 e. The Balaban J connectivity index is 1.26. The Kier molecular flexibility index (Phi) is 5.73. The van der Waals surface area contributed by atoms with E-state index in [-0.39, 0.29) is 0 Å². The normalized spacial score (nSPS) is 14.0. The number of aromatic nitrogens is 2. The molecule has 2 N–H and O–H groups in total. The van der Waals surface area contributed by atoms with Crippen molar-refractivity contribution in [3.05, 3.63) is 96.3 Å². The molecular weight excluding hydrogens is 576 g/mol. The van der Waals surface area contributed by atoms with E-state index in [1.165, 1.54) is 0 Å². The number of rotatable bonds is 2. The van der Waals surface area contributed by atoms with Crippen LogP contribution in [-0.4, -0.2) is 21.6 Å². The standard InChI is InChI=1S/C31H19F6N3OS/c1-40-24-8-4-18(16-2-6-22-20(10-16)14-28(38-22)30(32,33)34)12-26(24)42(41)27-13-19(5-9-25(27)40)17-3-7-23-21(11-17)15-29(39-23)31(35,36)37/h2-15,38-39H,1H3. The summed E-state index contributed by atoms with van der Waals surface area (Å²) in [5, 5.41) is 0.819. The number of fused-ring (bicyclic) bond motifs is 4. The Hall–Kier alpha value is -4.35. The minimum Gasteiger partial charge on any atom is -0.606 e. The molecule has 0 atom stereocenters. The summed E-state index contributed by atoms with van der Waals surface area (Å²) in [7, 11) is 1.85. The third-order valence-electron chi connectivity index (χ3n) is 7.56. The average molecular weight is 596 g/mol. The fourth-order valence-electron chi connectivity index (χ4n) is 5.42. The van der Waals surface area contributed by atoms with E-state index in [2.05, 4.69) is 9.97 Å². The number of hydrogen-bond donors (Lipinski definition) is 2. The Bertz CT molecular complexity index is 1880. The van der Waals surface area contributed by atoms with Crippen molar-refractivity contribution >= 4 is 44.4 Å². The van der Waals surface area contributed by atoms with Crippen molar-refractivity contribution in [1.82, 2.24) is 9.97 Å². The third-order valence-corrected chi connectivity index (χ3v) is 9.01. The van der Waals surface area contributed by atoms with Crippen molar-refractivity contribution in [2.75, 3.05) is 11.9 Å². The second kappa shape index (κ2) is 9.07. The van der Waals surface area contributed by atoms with Crippen LogP contribution in [-0.2, 0) is 23.5 Å². The van der Waals surface area contributed by atoms with E-state index < -0.39 is 34.9 Å². The molecular formula is C31H19F6N3OS. The van der Waals surface area contributed by atoms with Gasteiger partial charge in [-0.1, -0.05) is 24.3 Å². The molecule has 1 aliphatic heterocycles. The van der Waals surface area contributed by atoms with Crippen molar-refractivity contribution < 1.29 is 30.9 Å². The first-order chi connectivity index (χ1) is 19.9. The summed E-state index contributed by atoms with van der Waals surface area (Å²) in [4.78, 5) is 7.78. The predicted molar refractivity (Wildman–Crippen MR) is 150 cm³/mol. The number of nitrogens with zero attached hydrogens (tertiary/aromatic N) is 1. The van der Waals surface area contributed by atoms with Gasteiger partial charge >= 0.3 is 12.4 Å². The topological polar surface area (TPSA) is 57.9 Å². The lowest BCUT2D eigenvalue weighted by Crippen LogP contribution is -2.22. The van der Waals surface area contributed by atoms with Gasteiger partial charge in [0.25, 0.3) is 0 Å². The van der Waals surface area contributed by atoms with Crippen molar-refractivity contribution in [3.63, 3.8) is 0 Å². The van der Waals surface area contributed by atoms with Gasteiger partial charge in [-0.25, -0.2) is 0 Å². The van der Waals surface area contributed by atoms with Crippen LogP contribution in [0.15, 0.2) is 94.7 Å². The zero-order valence-corrected chi connectivity index (χ0v) is 22.4. The molecule has 0 amide bonds. The number of H-pyrrole nitrogens is 2. The minimum atomic E-state index is -4.49. The molecule has 42 heavy (non-hydrogen) atoms. The SMILES string of the molecule is CN1c2ccc(-c3ccc4[nH]c(C(F)(F)F)cc4c3)cc2[S+]([O-])c2cc(-c3ccc4[nH]c(C(F)(F)F)cc4c3)ccc21. The highest BCUT2D eigenvalue weighted by atomic mass is 32.2. The van der Waals surface area contributed by atoms with Crippen LogP contribution >= 0.6 is 0 Å². The molecule has 0 unspecified atom stereocenters. The summed E-state index contributed by atoms with van der Waals surface area (Å²) in [6.45, 7) is 0. The van der Waals surface area contributed by atoms with Crippen molar-refractivity contribution in [2.45, 2.75) is 22.1 Å². The van der Waals surface area contributed by atoms with E-state index in [9.17, 15) is 30.9 Å². The number of aromatic amines is 2. The van der Waals surface area contributed by atoms with Crippen LogP contribution in [0.2, 0.25) is 0 Å². The molecule has 1 aliphatic rings. The van der Waals surface area contributed by atoms with Gasteiger partial charge in [-0.15, -0.1) is 0 Å². The summed E-state index contributed by atoms with van der Waals surface area (Å²) >= 11 is -1.60. The van der Waals surface area contributed by atoms with Gasteiger partial charge in [0.1, 0.15) is 11.4 Å². The van der Waals surface area contributed by atoms with Gasteiger partial charge < -0.3 is 19.4 Å². The lowest BCUT2D eigenvalue weighted by molar-refractivity contribution is -0.141. The summed E-state index contributed by atoms with van der Waals surface area (Å²) in [5.74, 6) is 0. The van der Waals surface area contributed by atoms with Crippen molar-refractivity contribution in [3.8, 4) is 22.3 Å². The summed E-state index contributed by atoms with van der Waals surface area (Å²) in [6, 6.07) is 22.9. The van der Waals surface area contributed by atoms with Gasteiger partial charge in [0.05, 0.1) is 11.4 Å². The van der Waals surface area contributed by atoms with Crippen LogP contribution in [0, 0.1) is 0 Å². The Labute approximate surface area is 237 Å². The molecule has 3 heterocycles.